The van der Waals surface area contributed by atoms with Crippen LogP contribution in [0.2, 0.25) is 0 Å². The molecule has 2 aromatic carbocycles. The number of benzene rings is 2. The molecule has 2 N–H and O–H groups in total. The van der Waals surface area contributed by atoms with Crippen molar-refractivity contribution in [2.75, 3.05) is 18.4 Å². The first-order valence-corrected chi connectivity index (χ1v) is 9.00. The van der Waals surface area contributed by atoms with Crippen LogP contribution in [0.25, 0.3) is 0 Å². The van der Waals surface area contributed by atoms with Crippen LogP contribution in [0.4, 0.5) is 18.9 Å². The summed E-state index contributed by atoms with van der Waals surface area (Å²) in [5.74, 6) is -1.69. The first-order valence-electron chi connectivity index (χ1n) is 9.00. The van der Waals surface area contributed by atoms with E-state index in [0.717, 1.165) is 17.0 Å². The summed E-state index contributed by atoms with van der Waals surface area (Å²) in [6.07, 6.45) is -3.58. The third-order valence-electron chi connectivity index (χ3n) is 4.62. The lowest BCUT2D eigenvalue weighted by Crippen LogP contribution is -2.52. The number of hydrogen-bond acceptors (Lipinski definition) is 3. The predicted molar refractivity (Wildman–Crippen MR) is 103 cm³/mol. The van der Waals surface area contributed by atoms with Gasteiger partial charge in [-0.15, -0.1) is 0 Å². The Bertz CT molecular complexity index is 987. The molecule has 0 radical (unpaired) electrons. The van der Waals surface area contributed by atoms with Crippen molar-refractivity contribution in [2.45, 2.75) is 12.2 Å². The number of carbonyl (C=O) groups is 3. The number of anilines is 1. The van der Waals surface area contributed by atoms with Crippen molar-refractivity contribution in [2.24, 2.45) is 0 Å². The Morgan fingerprint density at radius 2 is 1.80 bits per heavy atom. The zero-order valence-corrected chi connectivity index (χ0v) is 15.7. The molecule has 0 aromatic heterocycles. The summed E-state index contributed by atoms with van der Waals surface area (Å²) < 4.78 is 40.4. The zero-order valence-electron chi connectivity index (χ0n) is 15.7. The highest BCUT2D eigenvalue weighted by atomic mass is 19.4. The summed E-state index contributed by atoms with van der Waals surface area (Å²) >= 11 is 0. The van der Waals surface area contributed by atoms with Crippen molar-refractivity contribution in [3.05, 3.63) is 77.9 Å². The van der Waals surface area contributed by atoms with E-state index in [1.807, 2.05) is 0 Å². The van der Waals surface area contributed by atoms with Gasteiger partial charge in [-0.25, -0.2) is 0 Å². The fraction of sp³-hybridized carbons (Fsp3) is 0.190. The maximum atomic E-state index is 13.5. The highest BCUT2D eigenvalue weighted by molar-refractivity contribution is 6.01. The van der Waals surface area contributed by atoms with Crippen LogP contribution in [-0.4, -0.2) is 35.7 Å². The van der Waals surface area contributed by atoms with Crippen LogP contribution in [0.3, 0.4) is 0 Å². The van der Waals surface area contributed by atoms with Crippen molar-refractivity contribution in [3.8, 4) is 0 Å². The summed E-state index contributed by atoms with van der Waals surface area (Å²) in [6.45, 7) is 3.52. The van der Waals surface area contributed by atoms with E-state index in [1.54, 1.807) is 0 Å². The molecule has 0 bridgehead atoms. The van der Waals surface area contributed by atoms with Crippen LogP contribution in [0.5, 0.6) is 0 Å². The van der Waals surface area contributed by atoms with Crippen LogP contribution >= 0.6 is 0 Å². The van der Waals surface area contributed by atoms with Gasteiger partial charge < -0.3 is 15.5 Å². The average molecular weight is 417 g/mol. The zero-order chi connectivity index (χ0) is 21.9. The van der Waals surface area contributed by atoms with Gasteiger partial charge in [0.1, 0.15) is 6.04 Å². The molecule has 0 saturated carbocycles. The summed E-state index contributed by atoms with van der Waals surface area (Å²) in [7, 11) is 0. The fourth-order valence-electron chi connectivity index (χ4n) is 3.24. The Morgan fingerprint density at radius 3 is 2.43 bits per heavy atom. The van der Waals surface area contributed by atoms with Crippen molar-refractivity contribution >= 4 is 23.4 Å². The van der Waals surface area contributed by atoms with Crippen molar-refractivity contribution < 1.29 is 27.6 Å². The average Bonchev–Trinajstić information content (AvgIpc) is 2.73. The molecule has 1 aliphatic heterocycles. The molecule has 0 aliphatic carbocycles. The molecule has 3 rings (SSSR count). The second-order valence-corrected chi connectivity index (χ2v) is 6.55. The summed E-state index contributed by atoms with van der Waals surface area (Å²) in [5.41, 5.74) is -0.652. The van der Waals surface area contributed by atoms with E-state index >= 15 is 0 Å². The van der Waals surface area contributed by atoms with Crippen LogP contribution < -0.4 is 10.6 Å². The largest absolute Gasteiger partial charge is 0.416 e. The highest BCUT2D eigenvalue weighted by Crippen LogP contribution is 2.37. The second kappa shape index (κ2) is 8.40. The number of piperazine rings is 1. The molecular weight excluding hydrogens is 399 g/mol. The normalized spacial score (nSPS) is 16.6. The van der Waals surface area contributed by atoms with E-state index in [1.165, 1.54) is 42.5 Å². The van der Waals surface area contributed by atoms with E-state index in [4.69, 9.17) is 0 Å². The summed E-state index contributed by atoms with van der Waals surface area (Å²) in [5, 5.41) is 5.06. The van der Waals surface area contributed by atoms with E-state index in [0.29, 0.717) is 5.69 Å². The molecule has 1 saturated heterocycles. The second-order valence-electron chi connectivity index (χ2n) is 6.55. The molecule has 6 nitrogen and oxygen atoms in total. The van der Waals surface area contributed by atoms with Gasteiger partial charge in [0.25, 0.3) is 5.91 Å². The highest BCUT2D eigenvalue weighted by Gasteiger charge is 2.41. The molecule has 3 amide bonds. The van der Waals surface area contributed by atoms with Crippen LogP contribution in [-0.2, 0) is 15.8 Å². The lowest BCUT2D eigenvalue weighted by atomic mass is 9.95. The number of rotatable bonds is 4. The Labute approximate surface area is 170 Å². The third kappa shape index (κ3) is 4.35. The molecule has 2 aromatic rings. The smallest absolute Gasteiger partial charge is 0.352 e. The maximum absolute atomic E-state index is 13.5. The Balaban J connectivity index is 1.94. The lowest BCUT2D eigenvalue weighted by Gasteiger charge is -2.36. The molecule has 1 atom stereocenters. The Morgan fingerprint density at radius 1 is 1.13 bits per heavy atom. The third-order valence-corrected chi connectivity index (χ3v) is 4.62. The van der Waals surface area contributed by atoms with Gasteiger partial charge in [-0.3, -0.25) is 14.4 Å². The quantitative estimate of drug-likeness (QED) is 0.751. The summed E-state index contributed by atoms with van der Waals surface area (Å²) in [6, 6.07) is 9.13. The van der Waals surface area contributed by atoms with Gasteiger partial charge in [0, 0.05) is 24.3 Å². The van der Waals surface area contributed by atoms with Crippen molar-refractivity contribution in [1.29, 1.82) is 0 Å². The van der Waals surface area contributed by atoms with Crippen molar-refractivity contribution in [1.82, 2.24) is 10.2 Å². The molecule has 9 heteroatoms. The monoisotopic (exact) mass is 417 g/mol. The maximum Gasteiger partial charge on any atom is 0.416 e. The van der Waals surface area contributed by atoms with Gasteiger partial charge in [-0.2, -0.15) is 13.2 Å². The Hall–Kier alpha value is -3.62. The molecule has 1 fully saturated rings. The molecule has 1 aliphatic rings. The number of nitrogens with one attached hydrogen (secondary N) is 2. The minimum absolute atomic E-state index is 0.0520. The fourth-order valence-corrected chi connectivity index (χ4v) is 3.24. The van der Waals surface area contributed by atoms with Gasteiger partial charge >= 0.3 is 6.18 Å². The van der Waals surface area contributed by atoms with E-state index in [2.05, 4.69) is 17.2 Å². The van der Waals surface area contributed by atoms with E-state index < -0.39 is 35.5 Å². The first kappa shape index (κ1) is 21.1. The minimum Gasteiger partial charge on any atom is -0.352 e. The Kier molecular flexibility index (Phi) is 5.91. The number of hydrogen-bond donors (Lipinski definition) is 2. The standard InChI is InChI=1S/C21H18F3N3O3/c1-2-17(28)26-14-9-7-13(8-10-14)20(30)27-12-11-25-19(29)18(27)15-5-3-4-6-16(15)21(22,23)24/h2-10,18H,1,11-12H2,(H,25,29)(H,26,28). The molecular formula is C21H18F3N3O3. The van der Waals surface area contributed by atoms with Gasteiger partial charge in [0.05, 0.1) is 5.56 Å². The van der Waals surface area contributed by atoms with E-state index in [9.17, 15) is 27.6 Å². The number of halogens is 3. The van der Waals surface area contributed by atoms with Crippen LogP contribution in [0.1, 0.15) is 27.5 Å². The van der Waals surface area contributed by atoms with Crippen LogP contribution in [0.15, 0.2) is 61.2 Å². The number of amides is 3. The molecule has 1 heterocycles. The lowest BCUT2D eigenvalue weighted by molar-refractivity contribution is -0.139. The molecule has 156 valence electrons. The van der Waals surface area contributed by atoms with Gasteiger partial charge in [-0.05, 0) is 42.0 Å². The number of carbonyl (C=O) groups excluding carboxylic acids is 3. The van der Waals surface area contributed by atoms with Crippen LogP contribution in [0, 0.1) is 0 Å². The van der Waals surface area contributed by atoms with Gasteiger partial charge in [0.15, 0.2) is 0 Å². The summed E-state index contributed by atoms with van der Waals surface area (Å²) in [4.78, 5) is 38.0. The molecule has 0 spiro atoms. The number of nitrogens with zero attached hydrogens (tertiary/aromatic N) is 1. The predicted octanol–water partition coefficient (Wildman–Crippen LogP) is 3.14. The van der Waals surface area contributed by atoms with Gasteiger partial charge in [0.2, 0.25) is 11.8 Å². The molecule has 30 heavy (non-hydrogen) atoms. The van der Waals surface area contributed by atoms with Gasteiger partial charge in [-0.1, -0.05) is 24.8 Å². The topological polar surface area (TPSA) is 78.5 Å². The molecule has 1 unspecified atom stereocenters. The minimum atomic E-state index is -4.67. The SMILES string of the molecule is C=CC(=O)Nc1ccc(C(=O)N2CCNC(=O)C2c2ccccc2C(F)(F)F)cc1. The first-order chi connectivity index (χ1) is 14.2. The van der Waals surface area contributed by atoms with E-state index in [-0.39, 0.29) is 24.2 Å². The van der Waals surface area contributed by atoms with Crippen molar-refractivity contribution in [3.63, 3.8) is 0 Å². The number of alkyl halides is 3.